The van der Waals surface area contributed by atoms with Crippen LogP contribution in [0.3, 0.4) is 0 Å². The van der Waals surface area contributed by atoms with E-state index in [1.807, 2.05) is 92.7 Å². The zero-order valence-corrected chi connectivity index (χ0v) is 14.2. The van der Waals surface area contributed by atoms with Gasteiger partial charge in [0.05, 0.1) is 0 Å². The average Bonchev–Trinajstić information content (AvgIpc) is 2.63. The van der Waals surface area contributed by atoms with Gasteiger partial charge in [0.25, 0.3) is 0 Å². The quantitative estimate of drug-likeness (QED) is 0.539. The van der Waals surface area contributed by atoms with E-state index in [-0.39, 0.29) is 6.09 Å². The van der Waals surface area contributed by atoms with Gasteiger partial charge in [-0.1, -0.05) is 72.8 Å². The van der Waals surface area contributed by atoms with Gasteiger partial charge in [-0.25, -0.2) is 4.79 Å². The fourth-order valence-corrected chi connectivity index (χ4v) is 2.24. The van der Waals surface area contributed by atoms with Gasteiger partial charge in [0.2, 0.25) is 0 Å². The standard InChI is InChI=1S/C21H23NO2/c1-3-22(4-2)21(23)24-20(19-15-9-6-10-16-19)17-11-14-18-12-7-5-8-13-18/h5-17H,3-4H2,1-2H3/b14-11+,20-17-. The van der Waals surface area contributed by atoms with Gasteiger partial charge in [0.15, 0.2) is 0 Å². The van der Waals surface area contributed by atoms with Crippen LogP contribution in [0.2, 0.25) is 0 Å². The number of amides is 1. The second-order valence-corrected chi connectivity index (χ2v) is 5.21. The molecular weight excluding hydrogens is 298 g/mol. The lowest BCUT2D eigenvalue weighted by Gasteiger charge is -2.19. The summed E-state index contributed by atoms with van der Waals surface area (Å²) in [5.74, 6) is 0.541. The van der Waals surface area contributed by atoms with E-state index in [4.69, 9.17) is 4.74 Å². The van der Waals surface area contributed by atoms with Gasteiger partial charge in [0.1, 0.15) is 5.76 Å². The van der Waals surface area contributed by atoms with Crippen LogP contribution < -0.4 is 0 Å². The highest BCUT2D eigenvalue weighted by Gasteiger charge is 2.14. The Kier molecular flexibility index (Phi) is 6.84. The van der Waals surface area contributed by atoms with Gasteiger partial charge in [-0.15, -0.1) is 0 Å². The molecule has 0 aliphatic heterocycles. The molecule has 2 aromatic rings. The van der Waals surface area contributed by atoms with Gasteiger partial charge in [-0.2, -0.15) is 0 Å². The Balaban J connectivity index is 2.21. The van der Waals surface area contributed by atoms with E-state index in [1.54, 1.807) is 4.90 Å². The molecular formula is C21H23NO2. The Hall–Kier alpha value is -2.81. The van der Waals surface area contributed by atoms with Gasteiger partial charge >= 0.3 is 6.09 Å². The minimum atomic E-state index is -0.330. The topological polar surface area (TPSA) is 29.5 Å². The SMILES string of the molecule is CCN(CC)C(=O)O/C(=C\C=C\c1ccccc1)c1ccccc1. The minimum absolute atomic E-state index is 0.330. The van der Waals surface area contributed by atoms with Crippen LogP contribution in [0.25, 0.3) is 11.8 Å². The molecule has 0 aliphatic carbocycles. The van der Waals surface area contributed by atoms with Crippen LogP contribution in [0.4, 0.5) is 4.79 Å². The van der Waals surface area contributed by atoms with Crippen molar-refractivity contribution in [2.24, 2.45) is 0 Å². The van der Waals surface area contributed by atoms with E-state index >= 15 is 0 Å². The molecule has 0 spiro atoms. The van der Waals surface area contributed by atoms with Crippen LogP contribution in [0, 0.1) is 0 Å². The third-order valence-corrected chi connectivity index (χ3v) is 3.61. The smallest absolute Gasteiger partial charge is 0.410 e. The van der Waals surface area contributed by atoms with Gasteiger partial charge < -0.3 is 9.64 Å². The lowest BCUT2D eigenvalue weighted by Crippen LogP contribution is -2.30. The number of allylic oxidation sites excluding steroid dienone is 2. The second-order valence-electron chi connectivity index (χ2n) is 5.21. The third-order valence-electron chi connectivity index (χ3n) is 3.61. The van der Waals surface area contributed by atoms with Crippen LogP contribution in [0.1, 0.15) is 25.0 Å². The summed E-state index contributed by atoms with van der Waals surface area (Å²) in [6.07, 6.45) is 5.37. The summed E-state index contributed by atoms with van der Waals surface area (Å²) >= 11 is 0. The monoisotopic (exact) mass is 321 g/mol. The van der Waals surface area contributed by atoms with Crippen molar-refractivity contribution in [2.45, 2.75) is 13.8 Å². The van der Waals surface area contributed by atoms with Crippen LogP contribution >= 0.6 is 0 Å². The Morgan fingerprint density at radius 2 is 1.54 bits per heavy atom. The maximum atomic E-state index is 12.3. The molecule has 0 heterocycles. The fourth-order valence-electron chi connectivity index (χ4n) is 2.24. The van der Waals surface area contributed by atoms with Crippen LogP contribution in [0.15, 0.2) is 72.8 Å². The zero-order chi connectivity index (χ0) is 17.2. The van der Waals surface area contributed by atoms with E-state index in [1.165, 1.54) is 0 Å². The number of nitrogens with zero attached hydrogens (tertiary/aromatic N) is 1. The van der Waals surface area contributed by atoms with E-state index in [0.717, 1.165) is 11.1 Å². The van der Waals surface area contributed by atoms with E-state index < -0.39 is 0 Å². The number of benzene rings is 2. The number of rotatable bonds is 6. The molecule has 0 unspecified atom stereocenters. The summed E-state index contributed by atoms with van der Waals surface area (Å²) in [6, 6.07) is 19.6. The largest absolute Gasteiger partial charge is 0.415 e. The molecule has 1 amide bonds. The van der Waals surface area contributed by atoms with Crippen LogP contribution in [-0.4, -0.2) is 24.1 Å². The van der Waals surface area contributed by atoms with E-state index in [0.29, 0.717) is 18.8 Å². The first-order chi connectivity index (χ1) is 11.7. The normalized spacial score (nSPS) is 11.5. The zero-order valence-electron chi connectivity index (χ0n) is 14.2. The first-order valence-electron chi connectivity index (χ1n) is 8.20. The molecule has 3 nitrogen and oxygen atoms in total. The molecule has 0 aromatic heterocycles. The molecule has 0 saturated heterocycles. The molecule has 0 saturated carbocycles. The molecule has 0 fully saturated rings. The van der Waals surface area contributed by atoms with Crippen molar-refractivity contribution in [1.82, 2.24) is 4.90 Å². The Morgan fingerprint density at radius 1 is 0.958 bits per heavy atom. The molecule has 24 heavy (non-hydrogen) atoms. The molecule has 0 N–H and O–H groups in total. The van der Waals surface area contributed by atoms with E-state index in [2.05, 4.69) is 0 Å². The molecule has 0 aliphatic rings. The molecule has 124 valence electrons. The highest BCUT2D eigenvalue weighted by molar-refractivity contribution is 5.77. The Labute approximate surface area is 143 Å². The number of carbonyl (C=O) groups is 1. The fraction of sp³-hybridized carbons (Fsp3) is 0.190. The summed E-state index contributed by atoms with van der Waals surface area (Å²) in [7, 11) is 0. The average molecular weight is 321 g/mol. The third kappa shape index (κ3) is 5.13. The van der Waals surface area contributed by atoms with Crippen molar-refractivity contribution in [3.05, 3.63) is 83.9 Å². The Bertz CT molecular complexity index is 686. The predicted octanol–water partition coefficient (Wildman–Crippen LogP) is 5.22. The van der Waals surface area contributed by atoms with Crippen molar-refractivity contribution < 1.29 is 9.53 Å². The molecule has 0 radical (unpaired) electrons. The predicted molar refractivity (Wildman–Crippen MR) is 99.3 cm³/mol. The summed E-state index contributed by atoms with van der Waals surface area (Å²) in [4.78, 5) is 13.9. The molecule has 2 rings (SSSR count). The van der Waals surface area contributed by atoms with Crippen molar-refractivity contribution in [1.29, 1.82) is 0 Å². The van der Waals surface area contributed by atoms with Gasteiger partial charge in [-0.05, 0) is 25.5 Å². The lowest BCUT2D eigenvalue weighted by molar-refractivity contribution is 0.148. The highest BCUT2D eigenvalue weighted by atomic mass is 16.6. The molecule has 0 atom stereocenters. The van der Waals surface area contributed by atoms with Crippen molar-refractivity contribution >= 4 is 17.9 Å². The van der Waals surface area contributed by atoms with Gasteiger partial charge in [0, 0.05) is 18.7 Å². The lowest BCUT2D eigenvalue weighted by atomic mass is 10.1. The number of carbonyl (C=O) groups excluding carboxylic acids is 1. The first-order valence-corrected chi connectivity index (χ1v) is 8.20. The highest BCUT2D eigenvalue weighted by Crippen LogP contribution is 2.17. The number of hydrogen-bond acceptors (Lipinski definition) is 2. The maximum Gasteiger partial charge on any atom is 0.415 e. The number of hydrogen-bond donors (Lipinski definition) is 0. The molecule has 3 heteroatoms. The minimum Gasteiger partial charge on any atom is -0.410 e. The Morgan fingerprint density at radius 3 is 2.12 bits per heavy atom. The van der Waals surface area contributed by atoms with Crippen molar-refractivity contribution in [3.8, 4) is 0 Å². The van der Waals surface area contributed by atoms with Crippen molar-refractivity contribution in [2.75, 3.05) is 13.1 Å². The maximum absolute atomic E-state index is 12.3. The first kappa shape index (κ1) is 17.5. The summed E-state index contributed by atoms with van der Waals surface area (Å²) in [5.41, 5.74) is 1.96. The van der Waals surface area contributed by atoms with Crippen LogP contribution in [-0.2, 0) is 4.74 Å². The molecule has 0 bridgehead atoms. The second kappa shape index (κ2) is 9.36. The molecule has 2 aromatic carbocycles. The van der Waals surface area contributed by atoms with Gasteiger partial charge in [-0.3, -0.25) is 0 Å². The summed E-state index contributed by atoms with van der Waals surface area (Å²) in [5, 5.41) is 0. The summed E-state index contributed by atoms with van der Waals surface area (Å²) in [6.45, 7) is 5.12. The number of ether oxygens (including phenoxy) is 1. The van der Waals surface area contributed by atoms with E-state index in [9.17, 15) is 4.79 Å². The summed E-state index contributed by atoms with van der Waals surface area (Å²) < 4.78 is 5.62. The van der Waals surface area contributed by atoms with Crippen molar-refractivity contribution in [3.63, 3.8) is 0 Å². The van der Waals surface area contributed by atoms with Crippen LogP contribution in [0.5, 0.6) is 0 Å².